The van der Waals surface area contributed by atoms with Crippen LogP contribution in [0, 0.1) is 7.05 Å². The van der Waals surface area contributed by atoms with Gasteiger partial charge in [-0.2, -0.15) is 0 Å². The van der Waals surface area contributed by atoms with Crippen LogP contribution in [0.5, 0.6) is 5.75 Å². The van der Waals surface area contributed by atoms with Gasteiger partial charge in [-0.3, -0.25) is 12.0 Å². The Morgan fingerprint density at radius 3 is 3.00 bits per heavy atom. The molecule has 1 aliphatic rings. The smallest absolute Gasteiger partial charge is 0.137 e. The lowest BCUT2D eigenvalue weighted by molar-refractivity contribution is 0.407. The molecular weight excluding hydrogens is 188 g/mol. The fraction of sp³-hybridized carbons (Fsp3) is 0.333. The Bertz CT molecular complexity index is 374. The van der Waals surface area contributed by atoms with Crippen LogP contribution >= 0.6 is 0 Å². The largest absolute Gasteiger partial charge is 0.495 e. The molecule has 1 aromatic heterocycles. The zero-order valence-electron chi connectivity index (χ0n) is 8.94. The highest BCUT2D eigenvalue weighted by Crippen LogP contribution is 2.23. The van der Waals surface area contributed by atoms with Gasteiger partial charge in [0.25, 0.3) is 0 Å². The lowest BCUT2D eigenvalue weighted by Crippen LogP contribution is -2.21. The molecule has 0 bridgehead atoms. The van der Waals surface area contributed by atoms with E-state index >= 15 is 0 Å². The third-order valence-corrected chi connectivity index (χ3v) is 2.61. The van der Waals surface area contributed by atoms with Crippen LogP contribution in [0.4, 0.5) is 0 Å². The summed E-state index contributed by atoms with van der Waals surface area (Å²) in [5.74, 6) is 0.811. The van der Waals surface area contributed by atoms with Crippen LogP contribution in [0.25, 0.3) is 5.57 Å². The van der Waals surface area contributed by atoms with E-state index in [0.717, 1.165) is 30.8 Å². The van der Waals surface area contributed by atoms with E-state index in [-0.39, 0.29) is 0 Å². The van der Waals surface area contributed by atoms with Crippen molar-refractivity contribution in [2.24, 2.45) is 0 Å². The minimum absolute atomic E-state index is 0.811. The molecule has 0 spiro atoms. The third kappa shape index (κ3) is 2.36. The fourth-order valence-electron chi connectivity index (χ4n) is 1.68. The molecule has 0 aliphatic carbocycles. The van der Waals surface area contributed by atoms with Crippen LogP contribution < -0.4 is 4.74 Å². The predicted molar refractivity (Wildman–Crippen MR) is 60.3 cm³/mol. The quantitative estimate of drug-likeness (QED) is 0.687. The van der Waals surface area contributed by atoms with Crippen LogP contribution in [-0.4, -0.2) is 30.1 Å². The molecule has 0 saturated carbocycles. The van der Waals surface area contributed by atoms with Gasteiger partial charge < -0.3 is 9.64 Å². The molecule has 0 aromatic carbocycles. The molecule has 0 unspecified atom stereocenters. The summed E-state index contributed by atoms with van der Waals surface area (Å²) in [6.07, 6.45) is 6.83. The number of aromatic nitrogens is 1. The highest BCUT2D eigenvalue weighted by Gasteiger charge is 2.07. The average Bonchev–Trinajstić information content (AvgIpc) is 2.30. The lowest BCUT2D eigenvalue weighted by Gasteiger charge is -2.28. The fourth-order valence-corrected chi connectivity index (χ4v) is 1.68. The van der Waals surface area contributed by atoms with Gasteiger partial charge in [0.1, 0.15) is 5.75 Å². The molecule has 80 valence electrons. The zero-order chi connectivity index (χ0) is 10.7. The van der Waals surface area contributed by atoms with E-state index in [1.807, 2.05) is 12.3 Å². The third-order valence-electron chi connectivity index (χ3n) is 2.61. The summed E-state index contributed by atoms with van der Waals surface area (Å²) >= 11 is 0. The van der Waals surface area contributed by atoms with Gasteiger partial charge in [-0.15, -0.1) is 0 Å². The van der Waals surface area contributed by atoms with Gasteiger partial charge in [-0.05, 0) is 36.7 Å². The molecule has 15 heavy (non-hydrogen) atoms. The lowest BCUT2D eigenvalue weighted by atomic mass is 10.0. The highest BCUT2D eigenvalue weighted by atomic mass is 16.5. The summed E-state index contributed by atoms with van der Waals surface area (Å²) in [5, 5.41) is 0. The summed E-state index contributed by atoms with van der Waals surface area (Å²) < 4.78 is 5.15. The molecule has 0 amide bonds. The number of pyridine rings is 1. The number of ether oxygens (including phenoxy) is 1. The second kappa shape index (κ2) is 4.45. The van der Waals surface area contributed by atoms with Crippen molar-refractivity contribution in [1.82, 2.24) is 9.88 Å². The normalized spacial score (nSPS) is 17.3. The number of hydrogen-bond acceptors (Lipinski definition) is 3. The van der Waals surface area contributed by atoms with Crippen LogP contribution in [-0.2, 0) is 0 Å². The minimum Gasteiger partial charge on any atom is -0.495 e. The van der Waals surface area contributed by atoms with Crippen molar-refractivity contribution >= 4 is 5.57 Å². The summed E-state index contributed by atoms with van der Waals surface area (Å²) in [5.41, 5.74) is 2.49. The van der Waals surface area contributed by atoms with Crippen molar-refractivity contribution in [2.45, 2.75) is 6.42 Å². The summed E-state index contributed by atoms with van der Waals surface area (Å²) in [7, 11) is 5.57. The molecule has 2 heterocycles. The van der Waals surface area contributed by atoms with Crippen molar-refractivity contribution in [2.75, 3.05) is 20.2 Å². The first-order chi connectivity index (χ1) is 7.29. The van der Waals surface area contributed by atoms with Crippen molar-refractivity contribution < 1.29 is 4.74 Å². The molecular formula is C12H15N2O-. The second-order valence-corrected chi connectivity index (χ2v) is 3.67. The molecule has 3 heteroatoms. The van der Waals surface area contributed by atoms with E-state index < -0.39 is 0 Å². The highest BCUT2D eigenvalue weighted by molar-refractivity contribution is 5.66. The molecule has 0 fully saturated rings. The first-order valence-corrected chi connectivity index (χ1v) is 5.03. The molecule has 0 radical (unpaired) electrons. The standard InChI is InChI=1S/C12H15N2O/c1-14-5-3-10(4-6-14)11-7-12(15-2)9-13-8-11/h3,7-9H,1,4-6H2,2H3/q-1. The van der Waals surface area contributed by atoms with E-state index in [2.05, 4.69) is 23.0 Å². The number of rotatable bonds is 2. The second-order valence-electron chi connectivity index (χ2n) is 3.67. The zero-order valence-corrected chi connectivity index (χ0v) is 8.94. The maximum Gasteiger partial charge on any atom is 0.137 e. The Labute approximate surface area is 90.4 Å². The monoisotopic (exact) mass is 203 g/mol. The summed E-state index contributed by atoms with van der Waals surface area (Å²) in [4.78, 5) is 6.21. The van der Waals surface area contributed by atoms with Gasteiger partial charge in [0.15, 0.2) is 0 Å². The maximum atomic E-state index is 5.15. The van der Waals surface area contributed by atoms with E-state index in [1.165, 1.54) is 5.57 Å². The van der Waals surface area contributed by atoms with Crippen molar-refractivity contribution in [1.29, 1.82) is 0 Å². The Morgan fingerprint density at radius 1 is 1.47 bits per heavy atom. The molecule has 0 atom stereocenters. The molecule has 0 N–H and O–H groups in total. The number of nitrogens with zero attached hydrogens (tertiary/aromatic N) is 2. The van der Waals surface area contributed by atoms with Crippen molar-refractivity contribution in [3.8, 4) is 5.75 Å². The van der Waals surface area contributed by atoms with Crippen LogP contribution in [0.3, 0.4) is 0 Å². The van der Waals surface area contributed by atoms with Gasteiger partial charge in [-0.25, -0.2) is 0 Å². The number of hydrogen-bond donors (Lipinski definition) is 0. The van der Waals surface area contributed by atoms with Gasteiger partial charge >= 0.3 is 0 Å². The molecule has 3 nitrogen and oxygen atoms in total. The van der Waals surface area contributed by atoms with Crippen LogP contribution in [0.1, 0.15) is 12.0 Å². The maximum absolute atomic E-state index is 5.15. The molecule has 1 aliphatic heterocycles. The van der Waals surface area contributed by atoms with E-state index in [4.69, 9.17) is 4.74 Å². The van der Waals surface area contributed by atoms with Crippen LogP contribution in [0.15, 0.2) is 24.5 Å². The SMILES string of the molecule is [CH2-]N1CC=C(c2cncc(OC)c2)CC1. The van der Waals surface area contributed by atoms with Gasteiger partial charge in [0, 0.05) is 6.20 Å². The Balaban J connectivity index is 2.22. The van der Waals surface area contributed by atoms with Crippen molar-refractivity contribution in [3.05, 3.63) is 37.1 Å². The Morgan fingerprint density at radius 2 is 2.33 bits per heavy atom. The topological polar surface area (TPSA) is 25.4 Å². The molecule has 0 saturated heterocycles. The Hall–Kier alpha value is -1.35. The Kier molecular flexibility index (Phi) is 3.02. The summed E-state index contributed by atoms with van der Waals surface area (Å²) in [6, 6.07) is 2.03. The first kappa shape index (κ1) is 10.2. The van der Waals surface area contributed by atoms with Gasteiger partial charge in [-0.1, -0.05) is 6.08 Å². The van der Waals surface area contributed by atoms with E-state index in [0.29, 0.717) is 0 Å². The van der Waals surface area contributed by atoms with Crippen molar-refractivity contribution in [3.63, 3.8) is 0 Å². The molecule has 2 rings (SSSR count). The van der Waals surface area contributed by atoms with Crippen LogP contribution in [0.2, 0.25) is 0 Å². The summed E-state index contributed by atoms with van der Waals surface area (Å²) in [6.45, 7) is 1.91. The molecule has 1 aromatic rings. The van der Waals surface area contributed by atoms with Gasteiger partial charge in [0.05, 0.1) is 13.3 Å². The van der Waals surface area contributed by atoms with Gasteiger partial charge in [0.2, 0.25) is 0 Å². The number of methoxy groups -OCH3 is 1. The minimum atomic E-state index is 0.811. The predicted octanol–water partition coefficient (Wildman–Crippen LogP) is 1.97. The average molecular weight is 203 g/mol. The van der Waals surface area contributed by atoms with E-state index in [1.54, 1.807) is 13.3 Å². The van der Waals surface area contributed by atoms with E-state index in [9.17, 15) is 0 Å². The first-order valence-electron chi connectivity index (χ1n) is 5.03.